The van der Waals surface area contributed by atoms with E-state index in [0.29, 0.717) is 5.92 Å². The molecule has 21 heavy (non-hydrogen) atoms. The molecule has 2 fully saturated rings. The monoisotopic (exact) mass is 302 g/mol. The summed E-state index contributed by atoms with van der Waals surface area (Å²) in [5.41, 5.74) is 1.93. The average Bonchev–Trinajstić information content (AvgIpc) is 3.00. The Labute approximate surface area is 130 Å². The first-order valence-electron chi connectivity index (χ1n) is 8.07. The van der Waals surface area contributed by atoms with Gasteiger partial charge in [-0.3, -0.25) is 4.90 Å². The third-order valence-corrected chi connectivity index (χ3v) is 5.87. The molecule has 2 aliphatic rings. The summed E-state index contributed by atoms with van der Waals surface area (Å²) in [7, 11) is 0. The summed E-state index contributed by atoms with van der Waals surface area (Å²) in [6.07, 6.45) is 5.19. The fourth-order valence-electron chi connectivity index (χ4n) is 3.65. The first-order chi connectivity index (χ1) is 10.4. The van der Waals surface area contributed by atoms with Gasteiger partial charge in [0.1, 0.15) is 5.52 Å². The first kappa shape index (κ1) is 13.6. The van der Waals surface area contributed by atoms with Gasteiger partial charge in [0.2, 0.25) is 0 Å². The van der Waals surface area contributed by atoms with Crippen molar-refractivity contribution in [2.75, 3.05) is 24.6 Å². The highest BCUT2D eigenvalue weighted by Gasteiger charge is 2.30. The molecule has 0 radical (unpaired) electrons. The minimum absolute atomic E-state index is 0.473. The van der Waals surface area contributed by atoms with Gasteiger partial charge >= 0.3 is 0 Å². The van der Waals surface area contributed by atoms with Crippen molar-refractivity contribution < 1.29 is 4.42 Å². The molecule has 2 saturated heterocycles. The van der Waals surface area contributed by atoms with Gasteiger partial charge in [-0.05, 0) is 55.9 Å². The number of benzene rings is 1. The molecule has 112 valence electrons. The molecule has 2 aromatic rings. The molecule has 0 unspecified atom stereocenters. The van der Waals surface area contributed by atoms with Gasteiger partial charge in [0, 0.05) is 18.5 Å². The predicted octanol–water partition coefficient (Wildman–Crippen LogP) is 3.90. The number of aromatic nitrogens is 1. The maximum Gasteiger partial charge on any atom is 0.199 e. The van der Waals surface area contributed by atoms with Crippen molar-refractivity contribution in [3.05, 3.63) is 30.2 Å². The molecule has 3 nitrogen and oxygen atoms in total. The maximum atomic E-state index is 6.00. The molecule has 4 rings (SSSR count). The number of nitrogens with zero attached hydrogens (tertiary/aromatic N) is 2. The summed E-state index contributed by atoms with van der Waals surface area (Å²) in [5.74, 6) is 4.08. The Hall–Kier alpha value is -1.00. The molecule has 0 amide bonds. The zero-order chi connectivity index (χ0) is 14.1. The van der Waals surface area contributed by atoms with Gasteiger partial charge in [-0.15, -0.1) is 0 Å². The molecule has 0 aliphatic carbocycles. The number of oxazole rings is 1. The molecule has 0 bridgehead atoms. The van der Waals surface area contributed by atoms with Crippen LogP contribution >= 0.6 is 11.8 Å². The Morgan fingerprint density at radius 3 is 2.86 bits per heavy atom. The Balaban J connectivity index is 1.51. The van der Waals surface area contributed by atoms with E-state index in [1.807, 2.05) is 24.3 Å². The lowest BCUT2D eigenvalue weighted by Crippen LogP contribution is -2.43. The second kappa shape index (κ2) is 6.01. The van der Waals surface area contributed by atoms with E-state index in [1.165, 1.54) is 43.7 Å². The van der Waals surface area contributed by atoms with Crippen molar-refractivity contribution in [3.8, 4) is 0 Å². The number of likely N-dealkylation sites (tertiary alicyclic amines) is 1. The summed E-state index contributed by atoms with van der Waals surface area (Å²) in [6.45, 7) is 2.38. The van der Waals surface area contributed by atoms with E-state index in [9.17, 15) is 0 Å². The Bertz CT molecular complexity index is 573. The third kappa shape index (κ3) is 2.84. The second-order valence-electron chi connectivity index (χ2n) is 6.20. The second-order valence-corrected chi connectivity index (χ2v) is 7.42. The summed E-state index contributed by atoms with van der Waals surface area (Å²) in [5, 5.41) is 0. The molecule has 3 heterocycles. The summed E-state index contributed by atoms with van der Waals surface area (Å²) >= 11 is 2.11. The van der Waals surface area contributed by atoms with Crippen molar-refractivity contribution in [1.82, 2.24) is 9.88 Å². The van der Waals surface area contributed by atoms with Crippen LogP contribution in [0.4, 0.5) is 0 Å². The van der Waals surface area contributed by atoms with E-state index in [2.05, 4.69) is 16.7 Å². The number of thioether (sulfide) groups is 1. The summed E-state index contributed by atoms with van der Waals surface area (Å²) in [6, 6.07) is 8.90. The third-order valence-electron chi connectivity index (χ3n) is 4.82. The molecular weight excluding hydrogens is 280 g/mol. The lowest BCUT2D eigenvalue weighted by atomic mass is 9.95. The van der Waals surface area contributed by atoms with Crippen molar-refractivity contribution in [3.63, 3.8) is 0 Å². The van der Waals surface area contributed by atoms with E-state index in [-0.39, 0.29) is 0 Å². The molecule has 1 atom stereocenters. The zero-order valence-electron chi connectivity index (χ0n) is 12.3. The highest BCUT2D eigenvalue weighted by molar-refractivity contribution is 7.99. The van der Waals surface area contributed by atoms with Crippen molar-refractivity contribution in [2.24, 2.45) is 0 Å². The molecule has 2 aliphatic heterocycles. The molecule has 1 aromatic heterocycles. The molecule has 0 N–H and O–H groups in total. The number of hydrogen-bond donors (Lipinski definition) is 0. The Morgan fingerprint density at radius 1 is 1.14 bits per heavy atom. The lowest BCUT2D eigenvalue weighted by molar-refractivity contribution is 0.132. The Morgan fingerprint density at radius 2 is 2.00 bits per heavy atom. The van der Waals surface area contributed by atoms with Crippen LogP contribution in [0.5, 0.6) is 0 Å². The number of para-hydroxylation sites is 2. The minimum atomic E-state index is 0.473. The van der Waals surface area contributed by atoms with E-state index < -0.39 is 0 Å². The van der Waals surface area contributed by atoms with Gasteiger partial charge < -0.3 is 4.42 Å². The lowest BCUT2D eigenvalue weighted by Gasteiger charge is -2.39. The number of fused-ring (bicyclic) bond motifs is 1. The largest absolute Gasteiger partial charge is 0.440 e. The topological polar surface area (TPSA) is 29.3 Å². The quantitative estimate of drug-likeness (QED) is 0.841. The minimum Gasteiger partial charge on any atom is -0.440 e. The van der Waals surface area contributed by atoms with E-state index in [0.717, 1.165) is 29.6 Å². The summed E-state index contributed by atoms with van der Waals surface area (Å²) in [4.78, 5) is 7.42. The van der Waals surface area contributed by atoms with Crippen LogP contribution in [0.1, 0.15) is 37.5 Å². The standard InChI is InChI=1S/C17H22N2OS/c1-2-6-16-15(5-1)18-17(20-16)13-4-3-9-19(12-13)14-7-10-21-11-8-14/h1-2,5-6,13-14H,3-4,7-12H2/t13-/m1/s1. The molecule has 0 spiro atoms. The maximum absolute atomic E-state index is 6.00. The van der Waals surface area contributed by atoms with Crippen molar-refractivity contribution >= 4 is 22.9 Å². The van der Waals surface area contributed by atoms with Crippen LogP contribution in [0.3, 0.4) is 0 Å². The molecular formula is C17H22N2OS. The number of rotatable bonds is 2. The zero-order valence-corrected chi connectivity index (χ0v) is 13.1. The number of piperidine rings is 1. The van der Waals surface area contributed by atoms with Gasteiger partial charge in [-0.25, -0.2) is 4.98 Å². The van der Waals surface area contributed by atoms with Crippen LogP contribution in [0, 0.1) is 0 Å². The highest BCUT2D eigenvalue weighted by Crippen LogP contribution is 2.32. The van der Waals surface area contributed by atoms with E-state index in [4.69, 9.17) is 9.40 Å². The van der Waals surface area contributed by atoms with E-state index in [1.54, 1.807) is 0 Å². The fourth-order valence-corrected chi connectivity index (χ4v) is 4.74. The smallest absolute Gasteiger partial charge is 0.199 e. The van der Waals surface area contributed by atoms with E-state index >= 15 is 0 Å². The molecule has 0 saturated carbocycles. The number of hydrogen-bond acceptors (Lipinski definition) is 4. The van der Waals surface area contributed by atoms with Crippen LogP contribution in [-0.2, 0) is 0 Å². The van der Waals surface area contributed by atoms with Gasteiger partial charge in [-0.1, -0.05) is 12.1 Å². The molecule has 4 heteroatoms. The average molecular weight is 302 g/mol. The first-order valence-corrected chi connectivity index (χ1v) is 9.23. The van der Waals surface area contributed by atoms with Crippen LogP contribution in [-0.4, -0.2) is 40.5 Å². The van der Waals surface area contributed by atoms with Gasteiger partial charge in [-0.2, -0.15) is 11.8 Å². The van der Waals surface area contributed by atoms with Crippen LogP contribution in [0.15, 0.2) is 28.7 Å². The Kier molecular flexibility index (Phi) is 3.91. The predicted molar refractivity (Wildman–Crippen MR) is 87.9 cm³/mol. The van der Waals surface area contributed by atoms with Crippen LogP contribution in [0.2, 0.25) is 0 Å². The SMILES string of the molecule is c1ccc2oc([C@@H]3CCCN(C4CCSCC4)C3)nc2c1. The van der Waals surface area contributed by atoms with Gasteiger partial charge in [0.15, 0.2) is 11.5 Å². The molecule has 1 aromatic carbocycles. The fraction of sp³-hybridized carbons (Fsp3) is 0.588. The normalized spacial score (nSPS) is 25.4. The van der Waals surface area contributed by atoms with Crippen LogP contribution < -0.4 is 0 Å². The van der Waals surface area contributed by atoms with Gasteiger partial charge in [0.25, 0.3) is 0 Å². The summed E-state index contributed by atoms with van der Waals surface area (Å²) < 4.78 is 6.00. The highest BCUT2D eigenvalue weighted by atomic mass is 32.2. The van der Waals surface area contributed by atoms with Crippen molar-refractivity contribution in [1.29, 1.82) is 0 Å². The van der Waals surface area contributed by atoms with Crippen molar-refractivity contribution in [2.45, 2.75) is 37.6 Å². The van der Waals surface area contributed by atoms with Crippen LogP contribution in [0.25, 0.3) is 11.1 Å². The van der Waals surface area contributed by atoms with Gasteiger partial charge in [0.05, 0.1) is 0 Å².